The highest BCUT2D eigenvalue weighted by Gasteiger charge is 2.50. The number of amides is 2. The number of alkyl carbamates (subject to hydrolysis) is 1. The number of carbonyl (C=O) groups is 2. The Bertz CT molecular complexity index is 1240. The van der Waals surface area contributed by atoms with Crippen molar-refractivity contribution >= 4 is 22.9 Å². The van der Waals surface area contributed by atoms with E-state index in [1.165, 1.54) is 6.42 Å². The summed E-state index contributed by atoms with van der Waals surface area (Å²) in [7, 11) is 0. The van der Waals surface area contributed by atoms with E-state index in [4.69, 9.17) is 4.74 Å². The first-order chi connectivity index (χ1) is 18.6. The molecule has 0 unspecified atom stereocenters. The van der Waals surface area contributed by atoms with Crippen LogP contribution in [0.1, 0.15) is 43.2 Å². The number of rotatable bonds is 9. The number of hydrogen-bond donors (Lipinski definition) is 4. The standard InChI is InChI=1S/C31H37N3O4/c35-18-25(15-19-6-2-1-3-7-19)33-30(36)28(16-24-17-32-27-9-5-4-8-26(24)27)34-31(37)38-29-22-11-20-10-21(13-22)14-23(29)12-20/h1-9,17,20-23,25,28-29,32,35H,10-16,18H2,(H,33,36)(H,34,37)/t20?,21?,22?,23?,25-,28+,29?/m0/s1. The van der Waals surface area contributed by atoms with Crippen LogP contribution in [0.4, 0.5) is 4.79 Å². The van der Waals surface area contributed by atoms with Crippen molar-refractivity contribution in [3.63, 3.8) is 0 Å². The lowest BCUT2D eigenvalue weighted by molar-refractivity contribution is -0.124. The van der Waals surface area contributed by atoms with Crippen LogP contribution in [0.15, 0.2) is 60.8 Å². The Kier molecular flexibility index (Phi) is 7.11. The van der Waals surface area contributed by atoms with E-state index in [-0.39, 0.29) is 18.6 Å². The molecule has 2 amide bonds. The summed E-state index contributed by atoms with van der Waals surface area (Å²) in [5, 5.41) is 16.9. The fourth-order valence-corrected chi connectivity index (χ4v) is 7.46. The number of ether oxygens (including phenoxy) is 1. The molecule has 0 aliphatic heterocycles. The molecule has 1 heterocycles. The summed E-state index contributed by atoms with van der Waals surface area (Å²) in [5.74, 6) is 2.15. The number of aromatic nitrogens is 1. The molecule has 4 aliphatic rings. The summed E-state index contributed by atoms with van der Waals surface area (Å²) in [6, 6.07) is 16.4. The summed E-state index contributed by atoms with van der Waals surface area (Å²) in [4.78, 5) is 30.0. The molecule has 0 radical (unpaired) electrons. The van der Waals surface area contributed by atoms with Gasteiger partial charge in [-0.1, -0.05) is 48.5 Å². The van der Waals surface area contributed by atoms with E-state index in [1.54, 1.807) is 0 Å². The third kappa shape index (κ3) is 5.30. The summed E-state index contributed by atoms with van der Waals surface area (Å²) >= 11 is 0. The molecule has 200 valence electrons. The van der Waals surface area contributed by atoms with Gasteiger partial charge in [0.05, 0.1) is 12.6 Å². The van der Waals surface area contributed by atoms with Crippen LogP contribution < -0.4 is 10.6 Å². The van der Waals surface area contributed by atoms with Gasteiger partial charge in [-0.2, -0.15) is 0 Å². The molecule has 2 atom stereocenters. The first kappa shape index (κ1) is 25.0. The zero-order valence-corrected chi connectivity index (χ0v) is 21.6. The minimum absolute atomic E-state index is 0.0529. The molecule has 0 spiro atoms. The molecule has 38 heavy (non-hydrogen) atoms. The van der Waals surface area contributed by atoms with E-state index in [0.29, 0.717) is 24.7 Å². The highest BCUT2D eigenvalue weighted by Crippen LogP contribution is 2.54. The van der Waals surface area contributed by atoms with Crippen molar-refractivity contribution in [3.05, 3.63) is 71.9 Å². The van der Waals surface area contributed by atoms with E-state index < -0.39 is 18.2 Å². The van der Waals surface area contributed by atoms with Gasteiger partial charge in [-0.3, -0.25) is 4.79 Å². The maximum Gasteiger partial charge on any atom is 0.408 e. The molecule has 3 aromatic rings. The Balaban J connectivity index is 1.16. The molecule has 4 saturated carbocycles. The predicted molar refractivity (Wildman–Crippen MR) is 145 cm³/mol. The normalized spacial score (nSPS) is 27.1. The highest BCUT2D eigenvalue weighted by atomic mass is 16.6. The van der Waals surface area contributed by atoms with Crippen molar-refractivity contribution in [2.45, 2.75) is 63.1 Å². The number of carbonyl (C=O) groups excluding carboxylic acids is 2. The number of fused-ring (bicyclic) bond motifs is 1. The summed E-state index contributed by atoms with van der Waals surface area (Å²) in [5.41, 5.74) is 2.95. The number of aromatic amines is 1. The monoisotopic (exact) mass is 515 g/mol. The van der Waals surface area contributed by atoms with Gasteiger partial charge in [0.1, 0.15) is 12.1 Å². The molecule has 7 rings (SSSR count). The van der Waals surface area contributed by atoms with Crippen LogP contribution in [-0.2, 0) is 22.4 Å². The minimum atomic E-state index is -0.830. The van der Waals surface area contributed by atoms with Crippen LogP contribution in [0.5, 0.6) is 0 Å². The second-order valence-electron chi connectivity index (χ2n) is 11.6. The van der Waals surface area contributed by atoms with Gasteiger partial charge in [0.25, 0.3) is 0 Å². The van der Waals surface area contributed by atoms with Crippen LogP contribution >= 0.6 is 0 Å². The van der Waals surface area contributed by atoms with Crippen molar-refractivity contribution < 1.29 is 19.4 Å². The lowest BCUT2D eigenvalue weighted by Crippen LogP contribution is -2.54. The second-order valence-corrected chi connectivity index (χ2v) is 11.6. The Labute approximate surface area is 223 Å². The molecule has 4 N–H and O–H groups in total. The smallest absolute Gasteiger partial charge is 0.408 e. The van der Waals surface area contributed by atoms with Gasteiger partial charge in [-0.25, -0.2) is 4.79 Å². The number of benzene rings is 2. The van der Waals surface area contributed by atoms with Gasteiger partial charge in [-0.15, -0.1) is 0 Å². The van der Waals surface area contributed by atoms with Crippen LogP contribution in [0.2, 0.25) is 0 Å². The average Bonchev–Trinajstić information content (AvgIpc) is 3.33. The van der Waals surface area contributed by atoms with Crippen LogP contribution in [-0.4, -0.2) is 46.9 Å². The first-order valence-electron chi connectivity index (χ1n) is 14.0. The maximum absolute atomic E-state index is 13.5. The van der Waals surface area contributed by atoms with Gasteiger partial charge in [0, 0.05) is 23.5 Å². The summed E-state index contributed by atoms with van der Waals surface area (Å²) in [6.07, 6.45) is 8.09. The molecule has 0 saturated heterocycles. The highest BCUT2D eigenvalue weighted by molar-refractivity contribution is 5.88. The molecule has 2 aromatic carbocycles. The largest absolute Gasteiger partial charge is 0.446 e. The third-order valence-electron chi connectivity index (χ3n) is 8.98. The van der Waals surface area contributed by atoms with Crippen LogP contribution in [0.25, 0.3) is 10.9 Å². The van der Waals surface area contributed by atoms with Crippen LogP contribution in [0, 0.1) is 23.7 Å². The van der Waals surface area contributed by atoms with Crippen molar-refractivity contribution in [2.24, 2.45) is 23.7 Å². The quantitative estimate of drug-likeness (QED) is 0.340. The fraction of sp³-hybridized carbons (Fsp3) is 0.484. The number of para-hydroxylation sites is 1. The van der Waals surface area contributed by atoms with Gasteiger partial charge in [-0.05, 0) is 79.4 Å². The SMILES string of the molecule is O=C(N[C@H](Cc1c[nH]c2ccccc12)C(=O)N[C@H](CO)Cc1ccccc1)OC1C2CC3CC(C2)CC1C3. The lowest BCUT2D eigenvalue weighted by Gasteiger charge is -2.53. The first-order valence-corrected chi connectivity index (χ1v) is 14.0. The lowest BCUT2D eigenvalue weighted by atomic mass is 9.55. The van der Waals surface area contributed by atoms with E-state index in [9.17, 15) is 14.7 Å². The number of hydrogen-bond acceptors (Lipinski definition) is 4. The molecular weight excluding hydrogens is 478 g/mol. The number of aliphatic hydroxyl groups is 1. The van der Waals surface area contributed by atoms with E-state index in [2.05, 4.69) is 15.6 Å². The van der Waals surface area contributed by atoms with Gasteiger partial charge >= 0.3 is 6.09 Å². The van der Waals surface area contributed by atoms with E-state index in [1.807, 2.05) is 60.8 Å². The zero-order valence-electron chi connectivity index (χ0n) is 21.6. The zero-order chi connectivity index (χ0) is 26.1. The van der Waals surface area contributed by atoms with Crippen molar-refractivity contribution in [3.8, 4) is 0 Å². The predicted octanol–water partition coefficient (Wildman–Crippen LogP) is 4.35. The Morgan fingerprint density at radius 1 is 0.895 bits per heavy atom. The Hall–Kier alpha value is -3.32. The maximum atomic E-state index is 13.5. The summed E-state index contributed by atoms with van der Waals surface area (Å²) < 4.78 is 6.05. The van der Waals surface area contributed by atoms with Gasteiger partial charge in [0.15, 0.2) is 0 Å². The second kappa shape index (κ2) is 10.8. The number of H-pyrrole nitrogens is 1. The molecule has 7 nitrogen and oxygen atoms in total. The molecule has 4 bridgehead atoms. The van der Waals surface area contributed by atoms with Crippen molar-refractivity contribution in [1.82, 2.24) is 15.6 Å². The van der Waals surface area contributed by atoms with Crippen molar-refractivity contribution in [1.29, 1.82) is 0 Å². The van der Waals surface area contributed by atoms with E-state index >= 15 is 0 Å². The Morgan fingerprint density at radius 2 is 1.58 bits per heavy atom. The van der Waals surface area contributed by atoms with Crippen LogP contribution in [0.3, 0.4) is 0 Å². The minimum Gasteiger partial charge on any atom is -0.446 e. The molecule has 7 heteroatoms. The van der Waals surface area contributed by atoms with E-state index in [0.717, 1.165) is 59.5 Å². The number of nitrogens with one attached hydrogen (secondary N) is 3. The van der Waals surface area contributed by atoms with Crippen molar-refractivity contribution in [2.75, 3.05) is 6.61 Å². The van der Waals surface area contributed by atoms with Gasteiger partial charge < -0.3 is 25.5 Å². The fourth-order valence-electron chi connectivity index (χ4n) is 7.46. The average molecular weight is 516 g/mol. The molecule has 1 aromatic heterocycles. The number of aliphatic hydroxyl groups excluding tert-OH is 1. The molecule has 4 aliphatic carbocycles. The van der Waals surface area contributed by atoms with Gasteiger partial charge in [0.2, 0.25) is 5.91 Å². The Morgan fingerprint density at radius 3 is 2.29 bits per heavy atom. The molecule has 4 fully saturated rings. The molecular formula is C31H37N3O4. The summed E-state index contributed by atoms with van der Waals surface area (Å²) in [6.45, 7) is -0.196. The topological polar surface area (TPSA) is 103 Å². The third-order valence-corrected chi connectivity index (χ3v) is 8.98.